The number of aryl methyl sites for hydroxylation is 2. The first kappa shape index (κ1) is 45.3. The molecule has 2 saturated carbocycles. The van der Waals surface area contributed by atoms with Crippen LogP contribution in [0.25, 0.3) is 22.8 Å². The van der Waals surface area contributed by atoms with E-state index in [1.807, 2.05) is 36.4 Å². The van der Waals surface area contributed by atoms with Crippen LogP contribution in [0.5, 0.6) is 11.5 Å². The van der Waals surface area contributed by atoms with E-state index in [9.17, 15) is 19.2 Å². The van der Waals surface area contributed by atoms with Crippen LogP contribution in [0.3, 0.4) is 0 Å². The molecule has 0 radical (unpaired) electrons. The zero-order valence-corrected chi connectivity index (χ0v) is 36.4. The lowest BCUT2D eigenvalue weighted by molar-refractivity contribution is -0.118. The van der Waals surface area contributed by atoms with Crippen LogP contribution in [0, 0.1) is 11.8 Å². The van der Waals surface area contributed by atoms with Gasteiger partial charge in [-0.3, -0.25) is 28.5 Å². The third kappa shape index (κ3) is 11.6. The first-order chi connectivity index (χ1) is 30.3. The van der Waals surface area contributed by atoms with Crippen molar-refractivity contribution >= 4 is 63.5 Å². The molecule has 0 atom stereocenters. The van der Waals surface area contributed by atoms with Gasteiger partial charge in [0.2, 0.25) is 11.8 Å². The van der Waals surface area contributed by atoms with Crippen molar-refractivity contribution in [3.63, 3.8) is 0 Å². The van der Waals surface area contributed by atoms with Crippen molar-refractivity contribution in [3.8, 4) is 34.3 Å². The summed E-state index contributed by atoms with van der Waals surface area (Å²) < 4.78 is 14.5. The molecule has 4 heterocycles. The fourth-order valence-electron chi connectivity index (χ4n) is 6.08. The zero-order chi connectivity index (χ0) is 45.2. The third-order valence-corrected chi connectivity index (χ3v) is 9.84. The molecule has 0 unspecified atom stereocenters. The summed E-state index contributed by atoms with van der Waals surface area (Å²) >= 11 is 6.01. The molecule has 2 aromatic carbocycles. The van der Waals surface area contributed by atoms with E-state index in [-0.39, 0.29) is 46.1 Å². The first-order valence-corrected chi connectivity index (χ1v) is 20.5. The molecule has 328 valence electrons. The summed E-state index contributed by atoms with van der Waals surface area (Å²) in [6.07, 6.45) is 9.07. The highest BCUT2D eigenvalue weighted by atomic mass is 35.5. The molecule has 20 heteroatoms. The second-order valence-corrected chi connectivity index (χ2v) is 14.9. The average molecular weight is 878 g/mol. The van der Waals surface area contributed by atoms with Crippen LogP contribution in [-0.2, 0) is 23.7 Å². The second-order valence-electron chi connectivity index (χ2n) is 14.5. The highest BCUT2D eigenvalue weighted by Gasteiger charge is 2.34. The van der Waals surface area contributed by atoms with Crippen LogP contribution >= 0.6 is 11.6 Å². The fraction of sp³-hybridized carbons (Fsp3) is 0.326. The molecule has 0 spiro atoms. The Morgan fingerprint density at radius 3 is 1.71 bits per heavy atom. The number of para-hydroxylation sites is 2. The number of hydrogen-bond acceptors (Lipinski definition) is 15. The minimum Gasteiger partial charge on any atom is -0.494 e. The van der Waals surface area contributed by atoms with Crippen molar-refractivity contribution < 1.29 is 28.7 Å². The Morgan fingerprint density at radius 1 is 0.730 bits per heavy atom. The van der Waals surface area contributed by atoms with Crippen LogP contribution in [0.1, 0.15) is 73.2 Å². The Balaban J connectivity index is 0.000000191. The van der Waals surface area contributed by atoms with Gasteiger partial charge in [0.05, 0.1) is 53.7 Å². The van der Waals surface area contributed by atoms with E-state index in [2.05, 4.69) is 57.0 Å². The average Bonchev–Trinajstić information content (AvgIpc) is 4.22. The number of hydrogen-bond donors (Lipinski definition) is 4. The van der Waals surface area contributed by atoms with Crippen molar-refractivity contribution in [2.45, 2.75) is 52.4 Å². The highest BCUT2D eigenvalue weighted by molar-refractivity contribution is 6.29. The molecule has 0 aliphatic heterocycles. The molecule has 19 nitrogen and oxygen atoms in total. The van der Waals surface area contributed by atoms with Crippen molar-refractivity contribution in [2.24, 2.45) is 31.7 Å². The van der Waals surface area contributed by atoms with E-state index >= 15 is 0 Å². The van der Waals surface area contributed by atoms with E-state index < -0.39 is 0 Å². The number of primary amides is 1. The van der Waals surface area contributed by atoms with E-state index in [1.54, 1.807) is 76.3 Å². The number of halogens is 1. The van der Waals surface area contributed by atoms with Gasteiger partial charge in [-0.1, -0.05) is 37.6 Å². The monoisotopic (exact) mass is 877 g/mol. The molecule has 0 saturated heterocycles. The largest absolute Gasteiger partial charge is 0.494 e. The molecule has 5 N–H and O–H groups in total. The van der Waals surface area contributed by atoms with E-state index in [1.165, 1.54) is 6.20 Å². The van der Waals surface area contributed by atoms with Gasteiger partial charge >= 0.3 is 0 Å². The predicted octanol–water partition coefficient (Wildman–Crippen LogP) is 6.72. The number of Topliss-reactive ketones (excluding diaryl/α,β-unsaturated/α-hetero) is 2. The number of pyridine rings is 1. The molecule has 0 bridgehead atoms. The van der Waals surface area contributed by atoms with Gasteiger partial charge in [-0.2, -0.15) is 10.2 Å². The number of nitrogens with one attached hydrogen (secondary N) is 3. The minimum atomic E-state index is -0.245. The zero-order valence-electron chi connectivity index (χ0n) is 35.7. The number of amides is 2. The van der Waals surface area contributed by atoms with Crippen LogP contribution in [-0.4, -0.2) is 82.3 Å². The number of nitrogens with zero attached hydrogens (tertiary/aromatic N) is 9. The number of rotatable bonds is 15. The number of ether oxygens (including phenoxy) is 2. The van der Waals surface area contributed by atoms with Crippen molar-refractivity contribution in [1.29, 1.82) is 0 Å². The normalized spacial score (nSPS) is 12.7. The van der Waals surface area contributed by atoms with Gasteiger partial charge in [0.25, 0.3) is 0 Å². The number of carbonyl (C=O) groups excluding carboxylic acids is 4. The third-order valence-electron chi connectivity index (χ3n) is 9.66. The van der Waals surface area contributed by atoms with Gasteiger partial charge in [0.15, 0.2) is 45.6 Å². The number of methoxy groups -OCH3 is 2. The SMILES string of the molecule is CCC(=O)Nc1cc(Nc2cccc(-c3ncn(C)n3)c2OC)c(C(=O)C2CC2)cn1.CCC(N)=O.COc1c(Nc2cc(Cl)nnc2C(=O)C2CC2)cccc1-c1ncn(C)n1. The van der Waals surface area contributed by atoms with Crippen LogP contribution in [0.2, 0.25) is 5.15 Å². The molecule has 4 aromatic heterocycles. The Kier molecular flexibility index (Phi) is 14.7. The Labute approximate surface area is 368 Å². The van der Waals surface area contributed by atoms with Gasteiger partial charge in [-0.25, -0.2) is 15.0 Å². The molecule has 2 amide bonds. The molecule has 8 rings (SSSR count). The summed E-state index contributed by atoms with van der Waals surface area (Å²) in [4.78, 5) is 59.6. The number of aromatic nitrogens is 9. The summed E-state index contributed by atoms with van der Waals surface area (Å²) in [5, 5.41) is 26.0. The van der Waals surface area contributed by atoms with Crippen molar-refractivity contribution in [1.82, 2.24) is 44.7 Å². The number of nitrogens with two attached hydrogens (primary N) is 1. The van der Waals surface area contributed by atoms with Crippen molar-refractivity contribution in [3.05, 3.63) is 83.8 Å². The van der Waals surface area contributed by atoms with Gasteiger partial charge in [0, 0.05) is 57.1 Å². The van der Waals surface area contributed by atoms with Gasteiger partial charge in [0.1, 0.15) is 18.5 Å². The van der Waals surface area contributed by atoms with Crippen LogP contribution in [0.15, 0.2) is 67.4 Å². The Morgan fingerprint density at radius 2 is 1.25 bits per heavy atom. The Bertz CT molecular complexity index is 2620. The number of benzene rings is 2. The number of anilines is 5. The van der Waals surface area contributed by atoms with Gasteiger partial charge < -0.3 is 31.2 Å². The van der Waals surface area contributed by atoms with E-state index in [4.69, 9.17) is 21.1 Å². The summed E-state index contributed by atoms with van der Waals surface area (Å²) in [7, 11) is 6.74. The fourth-order valence-corrected chi connectivity index (χ4v) is 6.23. The molecular weight excluding hydrogens is 830 g/mol. The Hall–Kier alpha value is -7.28. The molecule has 63 heavy (non-hydrogen) atoms. The summed E-state index contributed by atoms with van der Waals surface area (Å²) in [5.74, 6) is 2.23. The van der Waals surface area contributed by atoms with Crippen LogP contribution in [0.4, 0.5) is 28.6 Å². The maximum atomic E-state index is 12.8. The molecular formula is C43H48ClN13O6. The lowest BCUT2D eigenvalue weighted by Gasteiger charge is -2.17. The summed E-state index contributed by atoms with van der Waals surface area (Å²) in [6, 6.07) is 14.4. The molecule has 2 fully saturated rings. The molecule has 2 aliphatic carbocycles. The quantitative estimate of drug-likeness (QED) is 0.0782. The van der Waals surface area contributed by atoms with Gasteiger partial charge in [-0.05, 0) is 49.9 Å². The van der Waals surface area contributed by atoms with E-state index in [0.717, 1.165) is 36.8 Å². The maximum Gasteiger partial charge on any atom is 0.225 e. The lowest BCUT2D eigenvalue weighted by Crippen LogP contribution is -2.13. The molecule has 2 aliphatic rings. The lowest BCUT2D eigenvalue weighted by atomic mass is 10.1. The van der Waals surface area contributed by atoms with Gasteiger partial charge in [-0.15, -0.1) is 10.2 Å². The minimum absolute atomic E-state index is 0.0203. The highest BCUT2D eigenvalue weighted by Crippen LogP contribution is 2.41. The van der Waals surface area contributed by atoms with Crippen molar-refractivity contribution in [2.75, 3.05) is 30.2 Å². The van der Waals surface area contributed by atoms with E-state index in [0.29, 0.717) is 70.1 Å². The second kappa shape index (κ2) is 20.5. The maximum absolute atomic E-state index is 12.8. The standard InChI is InChI=1S/C22H24N6O3.C18H17ClN6O2.C3H7NO/c1-4-19(29)26-18-10-17(15(11-23-18)20(30)13-8-9-13)25-16-7-5-6-14(21(16)31-3)22-24-12-28(2)27-22;1-25-9-20-18(24-25)11-4-3-5-12(17(11)27-2)21-13-8-14(19)22-23-15(13)16(26)10-6-7-10;1-2-3(4)5/h5-7,10-13H,4,8-9H2,1-3H3,(H2,23,25,26,29);3-5,8-10H,6-7H2,1-2H3,(H,21,22);2H2,1H3,(H2,4,5). The van der Waals surface area contributed by atoms with Crippen LogP contribution < -0.4 is 31.2 Å². The number of carbonyl (C=O) groups is 4. The summed E-state index contributed by atoms with van der Waals surface area (Å²) in [6.45, 7) is 3.49. The summed E-state index contributed by atoms with van der Waals surface area (Å²) in [5.41, 5.74) is 9.22. The predicted molar refractivity (Wildman–Crippen MR) is 236 cm³/mol. The number of ketones is 2. The first-order valence-electron chi connectivity index (χ1n) is 20.1. The smallest absolute Gasteiger partial charge is 0.225 e. The topological polar surface area (TPSA) is 249 Å². The molecule has 6 aromatic rings.